The van der Waals surface area contributed by atoms with Crippen LogP contribution in [0.2, 0.25) is 0 Å². The first kappa shape index (κ1) is 22.8. The summed E-state index contributed by atoms with van der Waals surface area (Å²) in [6.45, 7) is 8.63. The van der Waals surface area contributed by atoms with Gasteiger partial charge in [0.1, 0.15) is 0 Å². The van der Waals surface area contributed by atoms with E-state index in [0.29, 0.717) is 19.1 Å². The van der Waals surface area contributed by atoms with Gasteiger partial charge in [0.2, 0.25) is 5.91 Å². The number of aromatic nitrogens is 2. The maximum Gasteiger partial charge on any atom is 0.223 e. The van der Waals surface area contributed by atoms with Gasteiger partial charge >= 0.3 is 0 Å². The summed E-state index contributed by atoms with van der Waals surface area (Å²) in [4.78, 5) is 15.2. The van der Waals surface area contributed by atoms with Gasteiger partial charge < -0.3 is 20.3 Å². The summed E-state index contributed by atoms with van der Waals surface area (Å²) in [7, 11) is 5.80. The first-order valence-corrected chi connectivity index (χ1v) is 10.5. The van der Waals surface area contributed by atoms with Crippen LogP contribution >= 0.6 is 0 Å². The highest BCUT2D eigenvalue weighted by Crippen LogP contribution is 2.47. The van der Waals surface area contributed by atoms with Crippen LogP contribution in [-0.4, -0.2) is 68.5 Å². The predicted molar refractivity (Wildman–Crippen MR) is 112 cm³/mol. The number of hydrogen-bond acceptors (Lipinski definition) is 5. The van der Waals surface area contributed by atoms with Crippen molar-refractivity contribution >= 4 is 5.91 Å². The van der Waals surface area contributed by atoms with E-state index in [2.05, 4.69) is 46.6 Å². The minimum atomic E-state index is 0.0195. The molecule has 0 spiro atoms. The lowest BCUT2D eigenvalue weighted by Crippen LogP contribution is -2.43. The van der Waals surface area contributed by atoms with Crippen LogP contribution in [0.3, 0.4) is 0 Å². The van der Waals surface area contributed by atoms with E-state index in [9.17, 15) is 4.79 Å². The Balaban J connectivity index is 2.02. The van der Waals surface area contributed by atoms with Crippen LogP contribution in [-0.2, 0) is 16.1 Å². The number of carbonyl (C=O) groups excluding carboxylic acids is 1. The van der Waals surface area contributed by atoms with E-state index in [-0.39, 0.29) is 17.2 Å². The second-order valence-electron chi connectivity index (χ2n) is 8.80. The molecule has 0 aliphatic heterocycles. The first-order valence-electron chi connectivity index (χ1n) is 10.5. The number of amides is 1. The van der Waals surface area contributed by atoms with Gasteiger partial charge in [0.15, 0.2) is 0 Å². The van der Waals surface area contributed by atoms with Gasteiger partial charge in [-0.1, -0.05) is 13.8 Å². The Bertz CT molecular complexity index is 601. The molecule has 7 heteroatoms. The van der Waals surface area contributed by atoms with Gasteiger partial charge in [0.05, 0.1) is 6.20 Å². The van der Waals surface area contributed by atoms with E-state index < -0.39 is 0 Å². The molecule has 0 bridgehead atoms. The second-order valence-corrected chi connectivity index (χ2v) is 8.80. The summed E-state index contributed by atoms with van der Waals surface area (Å²) < 4.78 is 5.08. The number of carbonyl (C=O) groups is 1. The molecule has 1 aliphatic carbocycles. The van der Waals surface area contributed by atoms with Crippen LogP contribution < -0.4 is 10.6 Å². The number of aromatic amines is 1. The average Bonchev–Trinajstić information content (AvgIpc) is 3.11. The Hall–Kier alpha value is -1.44. The van der Waals surface area contributed by atoms with Gasteiger partial charge in [0, 0.05) is 63.0 Å². The molecule has 2 rings (SSSR count). The van der Waals surface area contributed by atoms with Gasteiger partial charge in [-0.3, -0.25) is 9.89 Å². The second kappa shape index (κ2) is 10.9. The standard InChI is InChI=1S/C21H39N5O2/c1-21(2)8-7-16(13-18(21)20(27)23-9-6-12-28-5)19-17(14-24-25-19)15-26(4)11-10-22-3/h14,16,18,22H,6-13,15H2,1-5H3,(H,23,27)(H,24,25)/t16-,18+/m0/s1. The zero-order chi connectivity index (χ0) is 20.6. The molecule has 160 valence electrons. The molecule has 1 fully saturated rings. The van der Waals surface area contributed by atoms with Crippen molar-refractivity contribution in [1.82, 2.24) is 25.7 Å². The van der Waals surface area contributed by atoms with Gasteiger partial charge in [-0.2, -0.15) is 5.10 Å². The number of H-pyrrole nitrogens is 1. The average molecular weight is 394 g/mol. The van der Waals surface area contributed by atoms with Crippen molar-refractivity contribution < 1.29 is 9.53 Å². The van der Waals surface area contributed by atoms with E-state index in [1.165, 1.54) is 11.3 Å². The van der Waals surface area contributed by atoms with Gasteiger partial charge in [0.25, 0.3) is 0 Å². The molecule has 7 nitrogen and oxygen atoms in total. The largest absolute Gasteiger partial charge is 0.385 e. The van der Waals surface area contributed by atoms with Crippen LogP contribution in [0.5, 0.6) is 0 Å². The molecule has 0 radical (unpaired) electrons. The quantitative estimate of drug-likeness (QED) is 0.502. The topological polar surface area (TPSA) is 82.3 Å². The fourth-order valence-electron chi connectivity index (χ4n) is 4.19. The highest BCUT2D eigenvalue weighted by molar-refractivity contribution is 5.79. The number of nitrogens with one attached hydrogen (secondary N) is 3. The van der Waals surface area contributed by atoms with Crippen molar-refractivity contribution in [3.05, 3.63) is 17.5 Å². The van der Waals surface area contributed by atoms with E-state index in [1.54, 1.807) is 7.11 Å². The SMILES string of the molecule is CNCCN(C)Cc1cn[nH]c1[C@H]1CCC(C)(C)[C@@H](C(=O)NCCCOC)C1. The highest BCUT2D eigenvalue weighted by atomic mass is 16.5. The molecule has 28 heavy (non-hydrogen) atoms. The molecule has 2 atom stereocenters. The summed E-state index contributed by atoms with van der Waals surface area (Å²) in [5, 5.41) is 13.9. The van der Waals surface area contributed by atoms with Crippen LogP contribution in [0.15, 0.2) is 6.20 Å². The van der Waals surface area contributed by atoms with Crippen molar-refractivity contribution in [2.75, 3.05) is 47.4 Å². The number of likely N-dealkylation sites (N-methyl/N-ethyl adjacent to an activating group) is 2. The summed E-state index contributed by atoms with van der Waals surface area (Å²) in [5.41, 5.74) is 2.48. The Morgan fingerprint density at radius 2 is 2.21 bits per heavy atom. The molecule has 0 unspecified atom stereocenters. The van der Waals surface area contributed by atoms with Gasteiger partial charge in [-0.25, -0.2) is 0 Å². The number of ether oxygens (including phenoxy) is 1. The summed E-state index contributed by atoms with van der Waals surface area (Å²) >= 11 is 0. The van der Waals surface area contributed by atoms with Crippen LogP contribution in [0.1, 0.15) is 56.7 Å². The lowest BCUT2D eigenvalue weighted by atomic mass is 9.64. The maximum atomic E-state index is 12.9. The lowest BCUT2D eigenvalue weighted by molar-refractivity contribution is -0.130. The van der Waals surface area contributed by atoms with Crippen LogP contribution in [0.4, 0.5) is 0 Å². The summed E-state index contributed by atoms with van der Waals surface area (Å²) in [6.07, 6.45) is 5.81. The number of nitrogens with zero attached hydrogens (tertiary/aromatic N) is 2. The van der Waals surface area contributed by atoms with E-state index >= 15 is 0 Å². The molecule has 1 saturated carbocycles. The summed E-state index contributed by atoms with van der Waals surface area (Å²) in [5.74, 6) is 0.558. The zero-order valence-corrected chi connectivity index (χ0v) is 18.3. The third-order valence-corrected chi connectivity index (χ3v) is 6.09. The lowest BCUT2D eigenvalue weighted by Gasteiger charge is -2.41. The van der Waals surface area contributed by atoms with Crippen molar-refractivity contribution in [1.29, 1.82) is 0 Å². The van der Waals surface area contributed by atoms with Crippen LogP contribution in [0, 0.1) is 11.3 Å². The van der Waals surface area contributed by atoms with Crippen molar-refractivity contribution in [2.45, 2.75) is 52.0 Å². The highest BCUT2D eigenvalue weighted by Gasteiger charge is 2.41. The number of hydrogen-bond donors (Lipinski definition) is 3. The maximum absolute atomic E-state index is 12.9. The molecule has 3 N–H and O–H groups in total. The smallest absolute Gasteiger partial charge is 0.223 e. The molecule has 0 aromatic carbocycles. The summed E-state index contributed by atoms with van der Waals surface area (Å²) in [6, 6.07) is 0. The van der Waals surface area contributed by atoms with E-state index in [4.69, 9.17) is 4.74 Å². The molecule has 1 aliphatic rings. The van der Waals surface area contributed by atoms with E-state index in [1.807, 2.05) is 13.2 Å². The number of rotatable bonds is 11. The van der Waals surface area contributed by atoms with Gasteiger partial charge in [-0.05, 0) is 45.2 Å². The predicted octanol–water partition coefficient (Wildman–Crippen LogP) is 2.12. The molecule has 1 aromatic heterocycles. The van der Waals surface area contributed by atoms with Crippen molar-refractivity contribution in [3.8, 4) is 0 Å². The Labute approximate surface area is 170 Å². The third-order valence-electron chi connectivity index (χ3n) is 6.09. The Morgan fingerprint density at radius 1 is 1.43 bits per heavy atom. The third kappa shape index (κ3) is 6.29. The fraction of sp³-hybridized carbons (Fsp3) is 0.810. The van der Waals surface area contributed by atoms with Gasteiger partial charge in [-0.15, -0.1) is 0 Å². The molecular formula is C21H39N5O2. The molecule has 0 saturated heterocycles. The molecular weight excluding hydrogens is 354 g/mol. The van der Waals surface area contributed by atoms with Crippen molar-refractivity contribution in [3.63, 3.8) is 0 Å². The Kier molecular flexibility index (Phi) is 8.92. The number of methoxy groups -OCH3 is 1. The molecule has 1 amide bonds. The minimum absolute atomic E-state index is 0.0195. The first-order chi connectivity index (χ1) is 13.4. The monoisotopic (exact) mass is 393 g/mol. The molecule has 1 heterocycles. The van der Waals surface area contributed by atoms with E-state index in [0.717, 1.165) is 45.3 Å². The molecule has 1 aromatic rings. The van der Waals surface area contributed by atoms with Crippen molar-refractivity contribution in [2.24, 2.45) is 11.3 Å². The fourth-order valence-corrected chi connectivity index (χ4v) is 4.19. The van der Waals surface area contributed by atoms with Crippen LogP contribution in [0.25, 0.3) is 0 Å². The Morgan fingerprint density at radius 3 is 2.93 bits per heavy atom. The minimum Gasteiger partial charge on any atom is -0.385 e. The normalized spacial score (nSPS) is 21.8. The zero-order valence-electron chi connectivity index (χ0n) is 18.3.